The van der Waals surface area contributed by atoms with E-state index >= 15 is 0 Å². The second kappa shape index (κ2) is 4.49. The van der Waals surface area contributed by atoms with E-state index in [-0.39, 0.29) is 5.97 Å². The second-order valence-corrected chi connectivity index (χ2v) is 4.65. The number of fused-ring (bicyclic) bond motifs is 1. The van der Waals surface area contributed by atoms with E-state index in [0.717, 1.165) is 13.1 Å². The number of esters is 1. The number of carbonyl (C=O) groups is 1. The van der Waals surface area contributed by atoms with Crippen LogP contribution in [0.5, 0.6) is 0 Å². The number of piperazine rings is 1. The first-order valence-electron chi connectivity index (χ1n) is 5.75. The fourth-order valence-electron chi connectivity index (χ4n) is 2.70. The summed E-state index contributed by atoms with van der Waals surface area (Å²) in [6, 6.07) is 1.14. The number of nitrogens with zero attached hydrogens (tertiary/aromatic N) is 2. The van der Waals surface area contributed by atoms with Gasteiger partial charge in [-0.3, -0.25) is 14.6 Å². The lowest BCUT2D eigenvalue weighted by molar-refractivity contribution is -0.143. The Bertz CT molecular complexity index is 245. The third-order valence-corrected chi connectivity index (χ3v) is 3.63. The van der Waals surface area contributed by atoms with Crippen molar-refractivity contribution in [2.24, 2.45) is 0 Å². The van der Waals surface area contributed by atoms with E-state index in [0.29, 0.717) is 18.6 Å². The monoisotopic (exact) mass is 212 g/mol. The second-order valence-electron chi connectivity index (χ2n) is 4.65. The molecule has 0 radical (unpaired) electrons. The van der Waals surface area contributed by atoms with Crippen LogP contribution in [-0.4, -0.2) is 61.1 Å². The molecule has 0 aliphatic carbocycles. The van der Waals surface area contributed by atoms with Gasteiger partial charge in [0.05, 0.1) is 13.7 Å². The van der Waals surface area contributed by atoms with Crippen molar-refractivity contribution in [3.05, 3.63) is 0 Å². The average Bonchev–Trinajstić information content (AvgIpc) is 2.65. The number of carbonyl (C=O) groups excluding carboxylic acids is 1. The standard InChI is InChI=1S/C11H20N2O2/c1-9-6-12-5-3-4-10(12)7-13(9)8-11(14)15-2/h9-10H,3-8H2,1-2H3. The van der Waals surface area contributed by atoms with Crippen molar-refractivity contribution in [3.8, 4) is 0 Å². The molecule has 0 spiro atoms. The van der Waals surface area contributed by atoms with E-state index < -0.39 is 0 Å². The molecule has 0 N–H and O–H groups in total. The van der Waals surface area contributed by atoms with Gasteiger partial charge in [0.15, 0.2) is 0 Å². The Morgan fingerprint density at radius 3 is 3.00 bits per heavy atom. The third kappa shape index (κ3) is 2.32. The van der Waals surface area contributed by atoms with Crippen LogP contribution in [0.2, 0.25) is 0 Å². The van der Waals surface area contributed by atoms with Gasteiger partial charge < -0.3 is 4.74 Å². The first-order chi connectivity index (χ1) is 7.20. The van der Waals surface area contributed by atoms with Gasteiger partial charge in [-0.15, -0.1) is 0 Å². The molecule has 2 heterocycles. The lowest BCUT2D eigenvalue weighted by atomic mass is 10.1. The maximum absolute atomic E-state index is 11.2. The SMILES string of the molecule is COC(=O)CN1CC2CCCN2CC1C. The molecule has 0 aromatic carbocycles. The summed E-state index contributed by atoms with van der Waals surface area (Å²) in [7, 11) is 1.46. The van der Waals surface area contributed by atoms with Gasteiger partial charge in [0.25, 0.3) is 0 Å². The first-order valence-corrected chi connectivity index (χ1v) is 5.75. The van der Waals surface area contributed by atoms with E-state index in [2.05, 4.69) is 16.7 Å². The molecule has 0 aromatic heterocycles. The van der Waals surface area contributed by atoms with E-state index in [1.807, 2.05) is 0 Å². The van der Waals surface area contributed by atoms with Crippen LogP contribution < -0.4 is 0 Å². The summed E-state index contributed by atoms with van der Waals surface area (Å²) in [4.78, 5) is 16.0. The van der Waals surface area contributed by atoms with Crippen LogP contribution in [0.3, 0.4) is 0 Å². The van der Waals surface area contributed by atoms with Gasteiger partial charge in [0, 0.05) is 25.2 Å². The molecule has 15 heavy (non-hydrogen) atoms. The zero-order valence-electron chi connectivity index (χ0n) is 9.61. The lowest BCUT2D eigenvalue weighted by Crippen LogP contribution is -2.56. The fraction of sp³-hybridized carbons (Fsp3) is 0.909. The molecule has 86 valence electrons. The van der Waals surface area contributed by atoms with Crippen LogP contribution in [0.1, 0.15) is 19.8 Å². The van der Waals surface area contributed by atoms with Crippen molar-refractivity contribution in [1.29, 1.82) is 0 Å². The van der Waals surface area contributed by atoms with Gasteiger partial charge in [-0.1, -0.05) is 0 Å². The maximum atomic E-state index is 11.2. The molecule has 0 aromatic rings. The quantitative estimate of drug-likeness (QED) is 0.617. The summed E-state index contributed by atoms with van der Waals surface area (Å²) in [5.41, 5.74) is 0. The Morgan fingerprint density at radius 2 is 2.27 bits per heavy atom. The largest absolute Gasteiger partial charge is 0.468 e. The van der Waals surface area contributed by atoms with Crippen molar-refractivity contribution in [1.82, 2.24) is 9.80 Å². The van der Waals surface area contributed by atoms with Gasteiger partial charge in [-0.05, 0) is 26.3 Å². The fourth-order valence-corrected chi connectivity index (χ4v) is 2.70. The topological polar surface area (TPSA) is 32.8 Å². The number of methoxy groups -OCH3 is 1. The summed E-state index contributed by atoms with van der Waals surface area (Å²) in [5.74, 6) is -0.117. The molecule has 2 saturated heterocycles. The predicted molar refractivity (Wildman–Crippen MR) is 57.6 cm³/mol. The van der Waals surface area contributed by atoms with Gasteiger partial charge in [0.1, 0.15) is 0 Å². The summed E-state index contributed by atoms with van der Waals surface area (Å²) >= 11 is 0. The Balaban J connectivity index is 1.92. The average molecular weight is 212 g/mol. The Labute approximate surface area is 91.2 Å². The van der Waals surface area contributed by atoms with Crippen LogP contribution in [0.15, 0.2) is 0 Å². The van der Waals surface area contributed by atoms with Crippen LogP contribution in [-0.2, 0) is 9.53 Å². The van der Waals surface area contributed by atoms with Gasteiger partial charge in [-0.2, -0.15) is 0 Å². The Morgan fingerprint density at radius 1 is 1.47 bits per heavy atom. The zero-order valence-corrected chi connectivity index (χ0v) is 9.61. The number of hydrogen-bond acceptors (Lipinski definition) is 4. The van der Waals surface area contributed by atoms with E-state index in [4.69, 9.17) is 4.74 Å². The highest BCUT2D eigenvalue weighted by Gasteiger charge is 2.34. The maximum Gasteiger partial charge on any atom is 0.319 e. The van der Waals surface area contributed by atoms with Crippen molar-refractivity contribution >= 4 is 5.97 Å². The Hall–Kier alpha value is -0.610. The molecule has 4 heteroatoms. The molecule has 2 fully saturated rings. The predicted octanol–water partition coefficient (Wildman–Crippen LogP) is 0.328. The summed E-state index contributed by atoms with van der Waals surface area (Å²) in [6.45, 7) is 6.00. The highest BCUT2D eigenvalue weighted by molar-refractivity contribution is 5.71. The van der Waals surface area contributed by atoms with Crippen molar-refractivity contribution in [2.45, 2.75) is 31.8 Å². The normalized spacial score (nSPS) is 32.7. The van der Waals surface area contributed by atoms with Crippen molar-refractivity contribution in [2.75, 3.05) is 33.3 Å². The molecular weight excluding hydrogens is 192 g/mol. The summed E-state index contributed by atoms with van der Waals surface area (Å²) in [6.07, 6.45) is 2.59. The molecule has 4 nitrogen and oxygen atoms in total. The molecular formula is C11H20N2O2. The Kier molecular flexibility index (Phi) is 3.26. The number of ether oxygens (including phenoxy) is 1. The minimum atomic E-state index is -0.117. The lowest BCUT2D eigenvalue weighted by Gasteiger charge is -2.41. The van der Waals surface area contributed by atoms with E-state index in [1.54, 1.807) is 0 Å². The van der Waals surface area contributed by atoms with Crippen molar-refractivity contribution < 1.29 is 9.53 Å². The summed E-state index contributed by atoms with van der Waals surface area (Å²) in [5, 5.41) is 0. The number of hydrogen-bond donors (Lipinski definition) is 0. The highest BCUT2D eigenvalue weighted by Crippen LogP contribution is 2.24. The molecule has 0 saturated carbocycles. The highest BCUT2D eigenvalue weighted by atomic mass is 16.5. The first kappa shape index (κ1) is 10.9. The van der Waals surface area contributed by atoms with E-state index in [1.165, 1.54) is 26.5 Å². The molecule has 0 bridgehead atoms. The molecule has 2 aliphatic heterocycles. The minimum absolute atomic E-state index is 0.117. The van der Waals surface area contributed by atoms with E-state index in [9.17, 15) is 4.79 Å². The zero-order chi connectivity index (χ0) is 10.8. The van der Waals surface area contributed by atoms with Gasteiger partial charge >= 0.3 is 5.97 Å². The van der Waals surface area contributed by atoms with Crippen LogP contribution >= 0.6 is 0 Å². The minimum Gasteiger partial charge on any atom is -0.468 e. The van der Waals surface area contributed by atoms with Crippen LogP contribution in [0, 0.1) is 0 Å². The molecule has 2 aliphatic rings. The molecule has 2 atom stereocenters. The van der Waals surface area contributed by atoms with Gasteiger partial charge in [-0.25, -0.2) is 0 Å². The van der Waals surface area contributed by atoms with Crippen molar-refractivity contribution in [3.63, 3.8) is 0 Å². The van der Waals surface area contributed by atoms with Crippen LogP contribution in [0.25, 0.3) is 0 Å². The number of rotatable bonds is 2. The smallest absolute Gasteiger partial charge is 0.319 e. The molecule has 2 unspecified atom stereocenters. The summed E-state index contributed by atoms with van der Waals surface area (Å²) < 4.78 is 4.72. The van der Waals surface area contributed by atoms with Crippen LogP contribution in [0.4, 0.5) is 0 Å². The third-order valence-electron chi connectivity index (χ3n) is 3.63. The molecule has 0 amide bonds. The molecule has 2 rings (SSSR count). The van der Waals surface area contributed by atoms with Gasteiger partial charge in [0.2, 0.25) is 0 Å².